The SMILES string of the molecule is CC1(c2cc(NC(=O)c3ncc(Cl)cc3Cl)ccc2F)N=C(N)OCC12CC2. The highest BCUT2D eigenvalue weighted by molar-refractivity contribution is 6.36. The Bertz CT molecular complexity index is 1010. The molecule has 1 amide bonds. The first kappa shape index (κ1) is 19.0. The zero-order valence-electron chi connectivity index (χ0n) is 14.9. The minimum atomic E-state index is -0.879. The molecule has 4 rings (SSSR count). The summed E-state index contributed by atoms with van der Waals surface area (Å²) < 4.78 is 20.1. The van der Waals surface area contributed by atoms with Crippen molar-refractivity contribution in [3.8, 4) is 0 Å². The lowest BCUT2D eigenvalue weighted by molar-refractivity contribution is 0.102. The van der Waals surface area contributed by atoms with Crippen LogP contribution in [-0.2, 0) is 10.3 Å². The summed E-state index contributed by atoms with van der Waals surface area (Å²) in [6.07, 6.45) is 3.05. The van der Waals surface area contributed by atoms with E-state index in [1.54, 1.807) is 6.07 Å². The van der Waals surface area contributed by atoms with Crippen molar-refractivity contribution in [2.24, 2.45) is 16.1 Å². The zero-order valence-corrected chi connectivity index (χ0v) is 16.4. The van der Waals surface area contributed by atoms with Gasteiger partial charge in [0.2, 0.25) is 0 Å². The van der Waals surface area contributed by atoms with Gasteiger partial charge in [-0.25, -0.2) is 14.4 Å². The van der Waals surface area contributed by atoms with E-state index in [2.05, 4.69) is 15.3 Å². The number of nitrogens with zero attached hydrogens (tertiary/aromatic N) is 2. The largest absolute Gasteiger partial charge is 0.465 e. The third kappa shape index (κ3) is 3.08. The summed E-state index contributed by atoms with van der Waals surface area (Å²) in [4.78, 5) is 20.9. The predicted molar refractivity (Wildman–Crippen MR) is 105 cm³/mol. The maximum absolute atomic E-state index is 14.8. The Kier molecular flexibility index (Phi) is 4.47. The molecule has 1 unspecified atom stereocenters. The Morgan fingerprint density at radius 2 is 2.07 bits per heavy atom. The van der Waals surface area contributed by atoms with Gasteiger partial charge in [-0.2, -0.15) is 0 Å². The third-order valence-electron chi connectivity index (χ3n) is 5.49. The van der Waals surface area contributed by atoms with E-state index in [0.717, 1.165) is 12.8 Å². The number of nitrogens with two attached hydrogens (primary N) is 1. The Balaban J connectivity index is 1.68. The molecule has 1 aliphatic heterocycles. The van der Waals surface area contributed by atoms with Gasteiger partial charge in [0.1, 0.15) is 17.1 Å². The number of carbonyl (C=O) groups is 1. The maximum Gasteiger partial charge on any atom is 0.282 e. The van der Waals surface area contributed by atoms with Crippen LogP contribution in [0.15, 0.2) is 35.5 Å². The number of halogens is 3. The topological polar surface area (TPSA) is 89.6 Å². The van der Waals surface area contributed by atoms with Gasteiger partial charge in [-0.05, 0) is 44.0 Å². The molecule has 1 aromatic heterocycles. The molecule has 9 heteroatoms. The second kappa shape index (κ2) is 6.60. The molecule has 2 aromatic rings. The second-order valence-corrected chi connectivity index (χ2v) is 8.07. The summed E-state index contributed by atoms with van der Waals surface area (Å²) in [5.74, 6) is -0.951. The number of hydrogen-bond acceptors (Lipinski definition) is 5. The van der Waals surface area contributed by atoms with Crippen molar-refractivity contribution in [3.05, 3.63) is 57.6 Å². The van der Waals surface area contributed by atoms with E-state index in [0.29, 0.717) is 22.9 Å². The molecular formula is C19H17Cl2FN4O2. The molecule has 1 spiro atoms. The first-order valence-electron chi connectivity index (χ1n) is 8.65. The van der Waals surface area contributed by atoms with E-state index >= 15 is 0 Å². The zero-order chi connectivity index (χ0) is 20.1. The molecule has 0 saturated heterocycles. The Labute approximate surface area is 170 Å². The van der Waals surface area contributed by atoms with Crippen LogP contribution in [0.1, 0.15) is 35.8 Å². The molecule has 2 aliphatic rings. The summed E-state index contributed by atoms with van der Waals surface area (Å²) in [5, 5.41) is 3.14. The van der Waals surface area contributed by atoms with Crippen molar-refractivity contribution >= 4 is 40.8 Å². The number of hydrogen-bond donors (Lipinski definition) is 2. The Morgan fingerprint density at radius 1 is 1.32 bits per heavy atom. The standard InChI is InChI=1S/C19H17Cl2FN4O2/c1-18(19(4-5-19)9-28-17(23)26-18)12-7-11(2-3-14(12)22)25-16(27)15-13(21)6-10(20)8-24-15/h2-3,6-8H,4-5,9H2,1H3,(H2,23,26)(H,25,27). The number of benzene rings is 1. The maximum atomic E-state index is 14.8. The van der Waals surface area contributed by atoms with E-state index in [4.69, 9.17) is 33.7 Å². The number of ether oxygens (including phenoxy) is 1. The van der Waals surface area contributed by atoms with Crippen LogP contribution in [-0.4, -0.2) is 23.5 Å². The predicted octanol–water partition coefficient (Wildman–Crippen LogP) is 4.12. The van der Waals surface area contributed by atoms with Crippen LogP contribution in [0.2, 0.25) is 10.0 Å². The Morgan fingerprint density at radius 3 is 2.75 bits per heavy atom. The normalized spacial score (nSPS) is 22.4. The van der Waals surface area contributed by atoms with E-state index in [1.807, 2.05) is 6.92 Å². The minimum absolute atomic E-state index is 0.0233. The summed E-state index contributed by atoms with van der Waals surface area (Å²) in [6, 6.07) is 5.80. The van der Waals surface area contributed by atoms with Crippen molar-refractivity contribution in [2.45, 2.75) is 25.3 Å². The molecule has 1 atom stereocenters. The van der Waals surface area contributed by atoms with Gasteiger partial charge in [0.25, 0.3) is 11.9 Å². The fourth-order valence-corrected chi connectivity index (χ4v) is 4.07. The highest BCUT2D eigenvalue weighted by Gasteiger charge is 2.61. The van der Waals surface area contributed by atoms with Crippen molar-refractivity contribution in [2.75, 3.05) is 11.9 Å². The van der Waals surface area contributed by atoms with Gasteiger partial charge >= 0.3 is 0 Å². The van der Waals surface area contributed by atoms with Crippen molar-refractivity contribution in [1.82, 2.24) is 4.98 Å². The van der Waals surface area contributed by atoms with Gasteiger partial charge in [0, 0.05) is 22.9 Å². The second-order valence-electron chi connectivity index (χ2n) is 7.22. The number of carbonyl (C=O) groups excluding carboxylic acids is 1. The fourth-order valence-electron chi connectivity index (χ4n) is 3.60. The van der Waals surface area contributed by atoms with Gasteiger partial charge in [-0.15, -0.1) is 0 Å². The smallest absolute Gasteiger partial charge is 0.282 e. The molecule has 1 saturated carbocycles. The number of amidine groups is 1. The summed E-state index contributed by atoms with van der Waals surface area (Å²) in [6.45, 7) is 2.23. The number of aliphatic imine (C=N–C) groups is 1. The molecule has 146 valence electrons. The van der Waals surface area contributed by atoms with E-state index in [-0.39, 0.29) is 22.2 Å². The number of amides is 1. The lowest BCUT2D eigenvalue weighted by Gasteiger charge is -2.38. The molecule has 6 nitrogen and oxygen atoms in total. The molecule has 1 fully saturated rings. The molecule has 28 heavy (non-hydrogen) atoms. The number of nitrogens with one attached hydrogen (secondary N) is 1. The van der Waals surface area contributed by atoms with E-state index < -0.39 is 17.3 Å². The van der Waals surface area contributed by atoms with E-state index in [1.165, 1.54) is 24.4 Å². The quantitative estimate of drug-likeness (QED) is 0.777. The average molecular weight is 423 g/mol. The Hall–Kier alpha value is -2.38. The highest BCUT2D eigenvalue weighted by Crippen LogP contribution is 2.62. The van der Waals surface area contributed by atoms with Crippen molar-refractivity contribution in [1.29, 1.82) is 0 Å². The van der Waals surface area contributed by atoms with Gasteiger partial charge < -0.3 is 15.8 Å². The molecular weight excluding hydrogens is 406 g/mol. The molecule has 3 N–H and O–H groups in total. The summed E-state index contributed by atoms with van der Waals surface area (Å²) in [5.41, 5.74) is 5.37. The monoisotopic (exact) mass is 422 g/mol. The number of anilines is 1. The van der Waals surface area contributed by atoms with Crippen LogP contribution in [0.3, 0.4) is 0 Å². The van der Waals surface area contributed by atoms with E-state index in [9.17, 15) is 9.18 Å². The van der Waals surface area contributed by atoms with Gasteiger partial charge in [-0.1, -0.05) is 23.2 Å². The number of rotatable bonds is 3. The van der Waals surface area contributed by atoms with Crippen LogP contribution in [0.25, 0.3) is 0 Å². The fraction of sp³-hybridized carbons (Fsp3) is 0.316. The van der Waals surface area contributed by atoms with Crippen LogP contribution in [0, 0.1) is 11.2 Å². The highest BCUT2D eigenvalue weighted by atomic mass is 35.5. The molecule has 1 aromatic carbocycles. The van der Waals surface area contributed by atoms with Crippen molar-refractivity contribution < 1.29 is 13.9 Å². The van der Waals surface area contributed by atoms with Gasteiger partial charge in [0.05, 0.1) is 16.7 Å². The first-order valence-corrected chi connectivity index (χ1v) is 9.40. The summed E-state index contributed by atoms with van der Waals surface area (Å²) in [7, 11) is 0. The summed E-state index contributed by atoms with van der Waals surface area (Å²) >= 11 is 11.9. The molecule has 2 heterocycles. The average Bonchev–Trinajstić information content (AvgIpc) is 3.41. The van der Waals surface area contributed by atoms with Crippen LogP contribution < -0.4 is 11.1 Å². The number of pyridine rings is 1. The van der Waals surface area contributed by atoms with Crippen molar-refractivity contribution in [3.63, 3.8) is 0 Å². The lowest BCUT2D eigenvalue weighted by Crippen LogP contribution is -2.43. The lowest BCUT2D eigenvalue weighted by atomic mass is 9.76. The molecule has 0 radical (unpaired) electrons. The van der Waals surface area contributed by atoms with Gasteiger partial charge in [-0.3, -0.25) is 4.79 Å². The third-order valence-corrected chi connectivity index (χ3v) is 5.98. The van der Waals surface area contributed by atoms with Crippen LogP contribution in [0.5, 0.6) is 0 Å². The van der Waals surface area contributed by atoms with Crippen LogP contribution in [0.4, 0.5) is 10.1 Å². The molecule has 0 bridgehead atoms. The van der Waals surface area contributed by atoms with Crippen LogP contribution >= 0.6 is 23.2 Å². The minimum Gasteiger partial charge on any atom is -0.465 e. The first-order chi connectivity index (χ1) is 13.2. The van der Waals surface area contributed by atoms with Gasteiger partial charge in [0.15, 0.2) is 0 Å². The number of aromatic nitrogens is 1. The molecule has 1 aliphatic carbocycles.